The molecule has 0 spiro atoms. The third-order valence-electron chi connectivity index (χ3n) is 17.3. The molecule has 4 N–H and O–H groups in total. The summed E-state index contributed by atoms with van der Waals surface area (Å²) in [6, 6.07) is 15.2. The Morgan fingerprint density at radius 3 is 1.32 bits per heavy atom. The molecule has 0 fully saturated rings. The number of aromatic nitrogens is 8. The Morgan fingerprint density at radius 2 is 0.906 bits per heavy atom. The predicted octanol–water partition coefficient (Wildman–Crippen LogP) is 11.3. The number of hydrogen-bond acceptors (Lipinski definition) is 22. The van der Waals surface area contributed by atoms with Gasteiger partial charge in [0.2, 0.25) is 31.5 Å². The van der Waals surface area contributed by atoms with Gasteiger partial charge >= 0.3 is 0 Å². The van der Waals surface area contributed by atoms with E-state index in [0.717, 1.165) is 55.4 Å². The SMILES string of the molecule is CCCCCCCCC(CCCN(C(C)CCCCn1c(Cc2cc(OC)c(OC)c(OC)c2)nc2c(N)ncnc21)S(=O)(=O)c1ccc([N+](=O)[O-])cc1)N(C(C)CCCCn1c(Cc2cc(OC)c(OC)c(OC)c2)nc2c(N)ncnc21)S(=O)(=O)c1ccc([N+](=O)[O-])cc1. The average Bonchev–Trinajstić information content (AvgIpc) is 1.02. The van der Waals surface area contributed by atoms with E-state index in [-0.39, 0.29) is 52.2 Å². The second-order valence-corrected chi connectivity index (χ2v) is 27.4. The van der Waals surface area contributed by atoms with Crippen LogP contribution in [0.1, 0.15) is 140 Å². The molecule has 0 amide bonds. The van der Waals surface area contributed by atoms with Crippen LogP contribution in [0.4, 0.5) is 23.0 Å². The molecule has 96 heavy (non-hydrogen) atoms. The van der Waals surface area contributed by atoms with Gasteiger partial charge in [0.15, 0.2) is 57.0 Å². The van der Waals surface area contributed by atoms with Gasteiger partial charge in [-0.2, -0.15) is 8.61 Å². The molecule has 8 rings (SSSR count). The fourth-order valence-corrected chi connectivity index (χ4v) is 16.0. The smallest absolute Gasteiger partial charge is 0.269 e. The highest BCUT2D eigenvalue weighted by molar-refractivity contribution is 7.89. The first-order valence-corrected chi connectivity index (χ1v) is 35.0. The van der Waals surface area contributed by atoms with Gasteiger partial charge < -0.3 is 49.0 Å². The maximum atomic E-state index is 15.5. The van der Waals surface area contributed by atoms with Crippen LogP contribution >= 0.6 is 0 Å². The highest BCUT2D eigenvalue weighted by Gasteiger charge is 2.37. The molecule has 0 saturated heterocycles. The molecular formula is C66H88N14O14S2. The number of nitro benzene ring substituents is 2. The van der Waals surface area contributed by atoms with E-state index in [1.807, 2.05) is 47.2 Å². The number of ether oxygens (including phenoxy) is 6. The molecule has 8 aromatic rings. The Labute approximate surface area is 560 Å². The lowest BCUT2D eigenvalue weighted by Gasteiger charge is -2.37. The maximum absolute atomic E-state index is 15.5. The molecule has 4 aromatic carbocycles. The van der Waals surface area contributed by atoms with Gasteiger partial charge in [0.05, 0.1) is 62.3 Å². The number of methoxy groups -OCH3 is 6. The summed E-state index contributed by atoms with van der Waals surface area (Å²) >= 11 is 0. The molecule has 4 heterocycles. The third kappa shape index (κ3) is 17.2. The molecule has 0 radical (unpaired) electrons. The number of nitro groups is 2. The number of hydrogen-bond donors (Lipinski definition) is 2. The van der Waals surface area contributed by atoms with E-state index in [4.69, 9.17) is 49.9 Å². The molecule has 3 atom stereocenters. The zero-order valence-electron chi connectivity index (χ0n) is 56.0. The van der Waals surface area contributed by atoms with Crippen LogP contribution < -0.4 is 39.9 Å². The van der Waals surface area contributed by atoms with Gasteiger partial charge in [0, 0.05) is 74.9 Å². The molecule has 0 aliphatic rings. The number of rotatable bonds is 40. The van der Waals surface area contributed by atoms with Gasteiger partial charge in [-0.1, -0.05) is 58.3 Å². The molecular weight excluding hydrogens is 1280 g/mol. The van der Waals surface area contributed by atoms with Crippen molar-refractivity contribution < 1.29 is 55.1 Å². The fraction of sp³-hybridized carbons (Fsp3) is 0.485. The van der Waals surface area contributed by atoms with Crippen molar-refractivity contribution in [2.24, 2.45) is 0 Å². The summed E-state index contributed by atoms with van der Waals surface area (Å²) in [7, 11) is 0.503. The van der Waals surface area contributed by atoms with Gasteiger partial charge in [-0.3, -0.25) is 20.2 Å². The summed E-state index contributed by atoms with van der Waals surface area (Å²) in [6.45, 7) is 6.65. The molecule has 0 saturated carbocycles. The normalized spacial score (nSPS) is 12.9. The second-order valence-electron chi connectivity index (χ2n) is 23.6. The number of nitrogens with two attached hydrogens (primary N) is 2. The Kier molecular flexibility index (Phi) is 25.5. The lowest BCUT2D eigenvalue weighted by Crippen LogP contribution is -2.46. The fourth-order valence-electron chi connectivity index (χ4n) is 12.4. The first kappa shape index (κ1) is 72.8. The lowest BCUT2D eigenvalue weighted by atomic mass is 10.00. The first-order valence-electron chi connectivity index (χ1n) is 32.2. The number of fused-ring (bicyclic) bond motifs is 2. The van der Waals surface area contributed by atoms with Crippen LogP contribution in [0.2, 0.25) is 0 Å². The number of unbranched alkanes of at least 4 members (excludes halogenated alkanes) is 7. The molecule has 28 nitrogen and oxygen atoms in total. The number of aryl methyl sites for hydroxylation is 2. The number of imidazole rings is 2. The van der Waals surface area contributed by atoms with E-state index < -0.39 is 48.0 Å². The summed E-state index contributed by atoms with van der Waals surface area (Å²) in [4.78, 5) is 49.5. The Bertz CT molecular complexity index is 4130. The quantitative estimate of drug-likeness (QED) is 0.0205. The number of nitrogens with zero attached hydrogens (tertiary/aromatic N) is 12. The highest BCUT2D eigenvalue weighted by Crippen LogP contribution is 2.41. The summed E-state index contributed by atoms with van der Waals surface area (Å²) < 4.78 is 102. The molecule has 0 bridgehead atoms. The van der Waals surface area contributed by atoms with Crippen LogP contribution in [-0.4, -0.2) is 142 Å². The minimum atomic E-state index is -4.38. The van der Waals surface area contributed by atoms with Crippen molar-refractivity contribution in [1.82, 2.24) is 47.6 Å². The Morgan fingerprint density at radius 1 is 0.510 bits per heavy atom. The van der Waals surface area contributed by atoms with Gasteiger partial charge in [-0.05, 0) is 118 Å². The predicted molar refractivity (Wildman–Crippen MR) is 364 cm³/mol. The van der Waals surface area contributed by atoms with Crippen molar-refractivity contribution in [3.63, 3.8) is 0 Å². The number of sulfonamides is 2. The Balaban J connectivity index is 1.07. The Hall–Kier alpha value is -9.00. The van der Waals surface area contributed by atoms with E-state index in [1.54, 1.807) is 18.5 Å². The summed E-state index contributed by atoms with van der Waals surface area (Å²) in [5.41, 5.74) is 15.7. The standard InChI is InChI=1S/C66H88N14O14S2/c1-10-11-12-13-14-15-23-48(78(96(87,88)52-31-27-50(28-32-52)80(83)84)45(3)22-17-19-34-76-58(74-60-64(68)70-43-72-66(60)76)41-47-38-55(91-6)62(94-9)56(39-47)92-7)24-20-35-77(95(85,86)51-29-25-49(26-30-51)79(81)82)44(2)21-16-18-33-75-57(73-59-63(67)69-42-71-65(59)75)40-46-36-53(89-4)61(93-8)54(37-46)90-5/h25-32,36-39,42-45,48H,10-24,33-35,40-41H2,1-9H3,(H2,67,69,71)(H2,68,70,72). The van der Waals surface area contributed by atoms with Crippen LogP contribution in [0.3, 0.4) is 0 Å². The van der Waals surface area contributed by atoms with Crippen molar-refractivity contribution in [3.05, 3.63) is 128 Å². The molecule has 518 valence electrons. The van der Waals surface area contributed by atoms with Gasteiger partial charge in [0.25, 0.3) is 11.4 Å². The van der Waals surface area contributed by atoms with Crippen LogP contribution in [0.5, 0.6) is 34.5 Å². The first-order chi connectivity index (χ1) is 46.1. The summed E-state index contributed by atoms with van der Waals surface area (Å²) in [5, 5.41) is 23.6. The zero-order valence-corrected chi connectivity index (χ0v) is 57.6. The van der Waals surface area contributed by atoms with E-state index in [0.29, 0.717) is 146 Å². The monoisotopic (exact) mass is 1360 g/mol. The number of non-ortho nitro benzene ring substituents is 2. The minimum Gasteiger partial charge on any atom is -0.493 e. The van der Waals surface area contributed by atoms with Crippen LogP contribution in [0.25, 0.3) is 22.3 Å². The van der Waals surface area contributed by atoms with Gasteiger partial charge in [-0.15, -0.1) is 0 Å². The largest absolute Gasteiger partial charge is 0.493 e. The van der Waals surface area contributed by atoms with E-state index in [2.05, 4.69) is 26.9 Å². The number of anilines is 2. The number of nitrogen functional groups attached to an aromatic ring is 2. The molecule has 0 aliphatic heterocycles. The van der Waals surface area contributed by atoms with Crippen molar-refractivity contribution in [2.45, 2.75) is 171 Å². The lowest BCUT2D eigenvalue weighted by molar-refractivity contribution is -0.385. The van der Waals surface area contributed by atoms with Crippen molar-refractivity contribution >= 4 is 65.4 Å². The van der Waals surface area contributed by atoms with Crippen LogP contribution in [0, 0.1) is 20.2 Å². The minimum absolute atomic E-state index is 0.0278. The second kappa shape index (κ2) is 33.6. The molecule has 30 heteroatoms. The number of benzene rings is 4. The van der Waals surface area contributed by atoms with E-state index in [9.17, 15) is 20.2 Å². The average molecular weight is 1370 g/mol. The maximum Gasteiger partial charge on any atom is 0.269 e. The van der Waals surface area contributed by atoms with Crippen molar-refractivity contribution in [2.75, 3.05) is 60.7 Å². The van der Waals surface area contributed by atoms with Crippen molar-refractivity contribution in [1.29, 1.82) is 0 Å². The van der Waals surface area contributed by atoms with Gasteiger partial charge in [-0.25, -0.2) is 46.7 Å². The molecule has 0 aliphatic carbocycles. The topological polar surface area (TPSA) is 356 Å². The summed E-state index contributed by atoms with van der Waals surface area (Å²) in [6.07, 6.45) is 12.8. The van der Waals surface area contributed by atoms with Gasteiger partial charge in [0.1, 0.15) is 24.3 Å². The molecule has 3 unspecified atom stereocenters. The summed E-state index contributed by atoms with van der Waals surface area (Å²) in [5.74, 6) is 4.46. The van der Waals surface area contributed by atoms with Crippen LogP contribution in [0.15, 0.2) is 95.2 Å². The van der Waals surface area contributed by atoms with Crippen molar-refractivity contribution in [3.8, 4) is 34.5 Å². The highest BCUT2D eigenvalue weighted by atomic mass is 32.2. The van der Waals surface area contributed by atoms with Crippen LogP contribution in [-0.2, 0) is 46.0 Å². The van der Waals surface area contributed by atoms with E-state index in [1.165, 1.54) is 81.8 Å². The zero-order chi connectivity index (χ0) is 69.3. The third-order valence-corrected chi connectivity index (χ3v) is 21.4. The molecule has 4 aromatic heterocycles. The van der Waals surface area contributed by atoms with E-state index >= 15 is 16.8 Å².